The molecule has 0 aromatic heterocycles. The van der Waals surface area contributed by atoms with Crippen LogP contribution in [0.4, 0.5) is 4.79 Å². The van der Waals surface area contributed by atoms with Crippen molar-refractivity contribution < 1.29 is 9.59 Å². The summed E-state index contributed by atoms with van der Waals surface area (Å²) in [6.45, 7) is 5.74. The number of carbonyl (C=O) groups is 2. The van der Waals surface area contributed by atoms with Crippen molar-refractivity contribution in [2.24, 2.45) is 11.3 Å². The SMILES string of the molecule is CNC(=O)N[C@H](C(=O)C(C)(C)C)C1CCCCC1. The maximum Gasteiger partial charge on any atom is 0.315 e. The minimum Gasteiger partial charge on any atom is -0.341 e. The van der Waals surface area contributed by atoms with E-state index in [0.29, 0.717) is 5.92 Å². The molecule has 0 unspecified atom stereocenters. The monoisotopic (exact) mass is 254 g/mol. The first kappa shape index (κ1) is 15.0. The maximum atomic E-state index is 12.5. The molecule has 0 aliphatic heterocycles. The van der Waals surface area contributed by atoms with Crippen LogP contribution >= 0.6 is 0 Å². The highest BCUT2D eigenvalue weighted by Gasteiger charge is 2.36. The van der Waals surface area contributed by atoms with Crippen LogP contribution in [0.3, 0.4) is 0 Å². The fraction of sp³-hybridized carbons (Fsp3) is 0.857. The van der Waals surface area contributed by atoms with Crippen molar-refractivity contribution in [1.29, 1.82) is 0 Å². The van der Waals surface area contributed by atoms with Crippen molar-refractivity contribution >= 4 is 11.8 Å². The van der Waals surface area contributed by atoms with Gasteiger partial charge in [0.25, 0.3) is 0 Å². The van der Waals surface area contributed by atoms with Gasteiger partial charge < -0.3 is 10.6 Å². The summed E-state index contributed by atoms with van der Waals surface area (Å²) in [5, 5.41) is 5.38. The molecular weight excluding hydrogens is 228 g/mol. The number of urea groups is 1. The lowest BCUT2D eigenvalue weighted by Gasteiger charge is -2.33. The van der Waals surface area contributed by atoms with Crippen LogP contribution in [0.2, 0.25) is 0 Å². The van der Waals surface area contributed by atoms with Gasteiger partial charge >= 0.3 is 6.03 Å². The molecule has 0 saturated heterocycles. The summed E-state index contributed by atoms with van der Waals surface area (Å²) in [4.78, 5) is 24.0. The molecule has 0 aromatic rings. The van der Waals surface area contributed by atoms with E-state index in [1.165, 1.54) is 6.42 Å². The van der Waals surface area contributed by atoms with Gasteiger partial charge in [-0.2, -0.15) is 0 Å². The van der Waals surface area contributed by atoms with Crippen molar-refractivity contribution in [3.05, 3.63) is 0 Å². The molecule has 1 fully saturated rings. The van der Waals surface area contributed by atoms with Gasteiger partial charge in [-0.1, -0.05) is 40.0 Å². The molecule has 1 atom stereocenters. The number of hydrogen-bond acceptors (Lipinski definition) is 2. The Labute approximate surface area is 110 Å². The lowest BCUT2D eigenvalue weighted by atomic mass is 9.76. The molecule has 104 valence electrons. The van der Waals surface area contributed by atoms with Gasteiger partial charge in [-0.3, -0.25) is 4.79 Å². The fourth-order valence-corrected chi connectivity index (χ4v) is 2.54. The second kappa shape index (κ2) is 6.21. The Morgan fingerprint density at radius 1 is 1.11 bits per heavy atom. The molecule has 1 rings (SSSR count). The zero-order valence-electron chi connectivity index (χ0n) is 12.0. The summed E-state index contributed by atoms with van der Waals surface area (Å²) >= 11 is 0. The van der Waals surface area contributed by atoms with Crippen molar-refractivity contribution in [3.63, 3.8) is 0 Å². The molecule has 2 N–H and O–H groups in total. The van der Waals surface area contributed by atoms with Crippen molar-refractivity contribution in [3.8, 4) is 0 Å². The highest BCUT2D eigenvalue weighted by molar-refractivity contribution is 5.92. The molecule has 4 heteroatoms. The summed E-state index contributed by atoms with van der Waals surface area (Å²) in [6.07, 6.45) is 5.64. The number of Topliss-reactive ketones (excluding diaryl/α,β-unsaturated/α-hetero) is 1. The smallest absolute Gasteiger partial charge is 0.315 e. The Morgan fingerprint density at radius 3 is 2.11 bits per heavy atom. The molecular formula is C14H26N2O2. The van der Waals surface area contributed by atoms with Crippen LogP contribution in [0.25, 0.3) is 0 Å². The summed E-state index contributed by atoms with van der Waals surface area (Å²) in [6, 6.07) is -0.603. The second-order valence-corrected chi connectivity index (χ2v) is 6.21. The fourth-order valence-electron chi connectivity index (χ4n) is 2.54. The van der Waals surface area contributed by atoms with Crippen LogP contribution in [0.5, 0.6) is 0 Å². The first-order chi connectivity index (χ1) is 8.36. The Morgan fingerprint density at radius 2 is 1.67 bits per heavy atom. The molecule has 4 nitrogen and oxygen atoms in total. The van der Waals surface area contributed by atoms with Crippen molar-refractivity contribution in [1.82, 2.24) is 10.6 Å². The number of nitrogens with one attached hydrogen (secondary N) is 2. The van der Waals surface area contributed by atoms with Crippen LogP contribution in [-0.2, 0) is 4.79 Å². The van der Waals surface area contributed by atoms with E-state index in [1.54, 1.807) is 7.05 Å². The lowest BCUT2D eigenvalue weighted by Crippen LogP contribution is -2.52. The minimum atomic E-state index is -0.414. The molecule has 0 aromatic carbocycles. The molecule has 1 aliphatic carbocycles. The Bertz CT molecular complexity index is 301. The Balaban J connectivity index is 2.79. The van der Waals surface area contributed by atoms with Gasteiger partial charge in [-0.15, -0.1) is 0 Å². The Hall–Kier alpha value is -1.06. The van der Waals surface area contributed by atoms with Gasteiger partial charge in [-0.05, 0) is 18.8 Å². The van der Waals surface area contributed by atoms with E-state index in [2.05, 4.69) is 10.6 Å². The van der Waals surface area contributed by atoms with Crippen LogP contribution in [-0.4, -0.2) is 24.9 Å². The second-order valence-electron chi connectivity index (χ2n) is 6.21. The molecule has 0 radical (unpaired) electrons. The molecule has 0 bridgehead atoms. The lowest BCUT2D eigenvalue weighted by molar-refractivity contribution is -0.129. The topological polar surface area (TPSA) is 58.2 Å². The van der Waals surface area contributed by atoms with Crippen molar-refractivity contribution in [2.45, 2.75) is 58.9 Å². The molecule has 0 spiro atoms. The predicted molar refractivity (Wildman–Crippen MR) is 72.4 cm³/mol. The van der Waals surface area contributed by atoms with Crippen LogP contribution in [0.1, 0.15) is 52.9 Å². The third-order valence-electron chi connectivity index (χ3n) is 3.66. The van der Waals surface area contributed by atoms with Gasteiger partial charge in [0.15, 0.2) is 5.78 Å². The van der Waals surface area contributed by atoms with Gasteiger partial charge in [-0.25, -0.2) is 4.79 Å². The number of ketones is 1. The van der Waals surface area contributed by atoms with Gasteiger partial charge in [0, 0.05) is 12.5 Å². The summed E-state index contributed by atoms with van der Waals surface area (Å²) in [5.41, 5.74) is -0.414. The highest BCUT2D eigenvalue weighted by Crippen LogP contribution is 2.30. The first-order valence-electron chi connectivity index (χ1n) is 6.89. The van der Waals surface area contributed by atoms with Gasteiger partial charge in [0.2, 0.25) is 0 Å². The van der Waals surface area contributed by atoms with E-state index in [4.69, 9.17) is 0 Å². The minimum absolute atomic E-state index is 0.137. The van der Waals surface area contributed by atoms with E-state index in [0.717, 1.165) is 25.7 Å². The number of hydrogen-bond donors (Lipinski definition) is 2. The molecule has 0 heterocycles. The summed E-state index contributed by atoms with van der Waals surface area (Å²) in [5.74, 6) is 0.431. The highest BCUT2D eigenvalue weighted by atomic mass is 16.2. The predicted octanol–water partition coefficient (Wildman–Crippen LogP) is 2.48. The standard InChI is InChI=1S/C14H26N2O2/c1-14(2,3)12(17)11(16-13(18)15-4)10-8-6-5-7-9-10/h10-11H,5-9H2,1-4H3,(H2,15,16,18)/t11-/m0/s1. The average molecular weight is 254 g/mol. The molecule has 18 heavy (non-hydrogen) atoms. The zero-order chi connectivity index (χ0) is 13.8. The summed E-state index contributed by atoms with van der Waals surface area (Å²) < 4.78 is 0. The van der Waals surface area contributed by atoms with E-state index >= 15 is 0 Å². The van der Waals surface area contributed by atoms with E-state index < -0.39 is 5.41 Å². The first-order valence-corrected chi connectivity index (χ1v) is 6.89. The van der Waals surface area contributed by atoms with E-state index in [1.807, 2.05) is 20.8 Å². The van der Waals surface area contributed by atoms with E-state index in [9.17, 15) is 9.59 Å². The zero-order valence-corrected chi connectivity index (χ0v) is 12.0. The number of amides is 2. The normalized spacial score (nSPS) is 19.1. The third kappa shape index (κ3) is 4.00. The maximum absolute atomic E-state index is 12.5. The third-order valence-corrected chi connectivity index (χ3v) is 3.66. The molecule has 2 amide bonds. The Kier molecular flexibility index (Phi) is 5.17. The van der Waals surface area contributed by atoms with Gasteiger partial charge in [0.1, 0.15) is 0 Å². The van der Waals surface area contributed by atoms with Crippen molar-refractivity contribution in [2.75, 3.05) is 7.05 Å². The molecule has 1 aliphatic rings. The van der Waals surface area contributed by atoms with Crippen LogP contribution < -0.4 is 10.6 Å². The van der Waals surface area contributed by atoms with Crippen LogP contribution in [0.15, 0.2) is 0 Å². The van der Waals surface area contributed by atoms with Gasteiger partial charge in [0.05, 0.1) is 6.04 Å². The largest absolute Gasteiger partial charge is 0.341 e. The number of rotatable bonds is 3. The summed E-state index contributed by atoms with van der Waals surface area (Å²) in [7, 11) is 1.58. The van der Waals surface area contributed by atoms with Crippen LogP contribution in [0, 0.1) is 11.3 Å². The molecule has 1 saturated carbocycles. The quantitative estimate of drug-likeness (QED) is 0.813. The van der Waals surface area contributed by atoms with E-state index in [-0.39, 0.29) is 17.9 Å². The number of carbonyl (C=O) groups excluding carboxylic acids is 2. The average Bonchev–Trinajstić information content (AvgIpc) is 2.34.